The minimum atomic E-state index is -0.341. The Kier molecular flexibility index (Phi) is 6.15. The van der Waals surface area contributed by atoms with Crippen LogP contribution in [0.4, 0.5) is 0 Å². The van der Waals surface area contributed by atoms with Crippen LogP contribution in [0.25, 0.3) is 0 Å². The molecule has 30 heavy (non-hydrogen) atoms. The number of nitrogens with one attached hydrogen (secondary N) is 1. The normalized spacial score (nSPS) is 30.6. The molecule has 4 saturated carbocycles. The fraction of sp³-hybridized carbons (Fsp3) is 0.818. The summed E-state index contributed by atoms with van der Waals surface area (Å²) in [6.07, 6.45) is 8.30. The zero-order valence-corrected chi connectivity index (χ0v) is 19.2. The molecule has 0 saturated heterocycles. The smallest absolute Gasteiger partial charge is 0.233 e. The summed E-state index contributed by atoms with van der Waals surface area (Å²) in [6.45, 7) is 6.98. The standard InChI is InChI=1S/C22H35N5O2S/c1-13(2)12-27-19(5-4-18(23)28)25-26-21(27)30-14(3)20(29)24-22-9-15-6-16(10-22)8-17(7-15)11-22/h13-17H,4-12H2,1-3H3,(H2,23,28)(H,24,29)/t14-,15?,16?,17?,22?/m1/s1. The molecule has 0 radical (unpaired) electrons. The van der Waals surface area contributed by atoms with E-state index in [0.29, 0.717) is 12.3 Å². The number of thioether (sulfide) groups is 1. The highest BCUT2D eigenvalue weighted by Crippen LogP contribution is 2.55. The summed E-state index contributed by atoms with van der Waals surface area (Å²) < 4.78 is 2.05. The number of rotatable bonds is 9. The van der Waals surface area contributed by atoms with Crippen LogP contribution in [0.1, 0.15) is 71.5 Å². The van der Waals surface area contributed by atoms with E-state index < -0.39 is 0 Å². The maximum absolute atomic E-state index is 13.1. The van der Waals surface area contributed by atoms with Crippen molar-refractivity contribution in [2.45, 2.75) is 94.6 Å². The Bertz CT molecular complexity index is 770. The van der Waals surface area contributed by atoms with E-state index in [2.05, 4.69) is 29.4 Å². The largest absolute Gasteiger partial charge is 0.370 e. The third kappa shape index (κ3) is 4.68. The van der Waals surface area contributed by atoms with E-state index in [0.717, 1.165) is 54.5 Å². The Morgan fingerprint density at radius 3 is 2.27 bits per heavy atom. The van der Waals surface area contributed by atoms with Crippen molar-refractivity contribution in [3.05, 3.63) is 5.82 Å². The summed E-state index contributed by atoms with van der Waals surface area (Å²) >= 11 is 1.47. The van der Waals surface area contributed by atoms with Crippen LogP contribution in [-0.2, 0) is 22.6 Å². The first-order valence-electron chi connectivity index (χ1n) is 11.4. The van der Waals surface area contributed by atoms with Crippen LogP contribution in [0, 0.1) is 23.7 Å². The Morgan fingerprint density at radius 2 is 1.73 bits per heavy atom. The lowest BCUT2D eigenvalue weighted by Crippen LogP contribution is -2.60. The predicted octanol–water partition coefficient (Wildman–Crippen LogP) is 2.92. The first-order valence-corrected chi connectivity index (χ1v) is 12.3. The van der Waals surface area contributed by atoms with Gasteiger partial charge >= 0.3 is 0 Å². The maximum atomic E-state index is 13.1. The molecule has 4 aliphatic rings. The second-order valence-corrected chi connectivity index (χ2v) is 11.6. The minimum Gasteiger partial charge on any atom is -0.370 e. The highest BCUT2D eigenvalue weighted by molar-refractivity contribution is 8.00. The molecule has 166 valence electrons. The lowest BCUT2D eigenvalue weighted by atomic mass is 9.53. The summed E-state index contributed by atoms with van der Waals surface area (Å²) in [5, 5.41) is 12.6. The fourth-order valence-electron chi connectivity index (χ4n) is 6.21. The number of amides is 2. The summed E-state index contributed by atoms with van der Waals surface area (Å²) in [5.41, 5.74) is 5.33. The van der Waals surface area contributed by atoms with E-state index in [1.165, 1.54) is 31.0 Å². The Labute approximate surface area is 183 Å². The topological polar surface area (TPSA) is 103 Å². The van der Waals surface area contributed by atoms with Gasteiger partial charge in [-0.2, -0.15) is 0 Å². The molecule has 0 spiro atoms. The summed E-state index contributed by atoms with van der Waals surface area (Å²) in [6, 6.07) is 0. The van der Waals surface area contributed by atoms with E-state index in [9.17, 15) is 9.59 Å². The average molecular weight is 434 g/mol. The third-order valence-electron chi connectivity index (χ3n) is 7.01. The van der Waals surface area contributed by atoms with Crippen molar-refractivity contribution < 1.29 is 9.59 Å². The van der Waals surface area contributed by atoms with Gasteiger partial charge in [-0.25, -0.2) is 0 Å². The second kappa shape index (κ2) is 8.52. The molecule has 1 atom stereocenters. The van der Waals surface area contributed by atoms with Gasteiger partial charge in [-0.3, -0.25) is 9.59 Å². The number of aromatic nitrogens is 3. The van der Waals surface area contributed by atoms with Gasteiger partial charge in [0, 0.05) is 24.9 Å². The van der Waals surface area contributed by atoms with Gasteiger partial charge in [0.05, 0.1) is 5.25 Å². The monoisotopic (exact) mass is 433 g/mol. The predicted molar refractivity (Wildman–Crippen MR) is 117 cm³/mol. The molecular weight excluding hydrogens is 398 g/mol. The van der Waals surface area contributed by atoms with E-state index in [4.69, 9.17) is 5.73 Å². The van der Waals surface area contributed by atoms with Crippen molar-refractivity contribution in [3.8, 4) is 0 Å². The average Bonchev–Trinajstić information content (AvgIpc) is 2.99. The molecule has 2 amide bonds. The molecule has 7 nitrogen and oxygen atoms in total. The molecular formula is C22H35N5O2S. The van der Waals surface area contributed by atoms with Gasteiger partial charge in [0.2, 0.25) is 11.8 Å². The molecule has 8 heteroatoms. The second-order valence-electron chi connectivity index (χ2n) is 10.3. The number of hydrogen-bond donors (Lipinski definition) is 2. The van der Waals surface area contributed by atoms with Crippen LogP contribution in [0.15, 0.2) is 5.16 Å². The third-order valence-corrected chi connectivity index (χ3v) is 8.09. The maximum Gasteiger partial charge on any atom is 0.233 e. The van der Waals surface area contributed by atoms with E-state index in [-0.39, 0.29) is 29.0 Å². The quantitative estimate of drug-likeness (QED) is 0.583. The number of nitrogens with two attached hydrogens (primary N) is 1. The lowest BCUT2D eigenvalue weighted by Gasteiger charge is -2.57. The van der Waals surface area contributed by atoms with Crippen molar-refractivity contribution >= 4 is 23.6 Å². The minimum absolute atomic E-state index is 0.0267. The molecule has 3 N–H and O–H groups in total. The van der Waals surface area contributed by atoms with Gasteiger partial charge in [-0.05, 0) is 69.1 Å². The summed E-state index contributed by atoms with van der Waals surface area (Å²) in [7, 11) is 0. The van der Waals surface area contributed by atoms with Crippen molar-refractivity contribution in [2.24, 2.45) is 29.4 Å². The SMILES string of the molecule is CC(C)Cn1c(CCC(N)=O)nnc1S[C@H](C)C(=O)NC12CC3CC(CC(C3)C1)C2. The van der Waals surface area contributed by atoms with Crippen molar-refractivity contribution in [1.82, 2.24) is 20.1 Å². The highest BCUT2D eigenvalue weighted by atomic mass is 32.2. The van der Waals surface area contributed by atoms with Gasteiger partial charge in [-0.15, -0.1) is 10.2 Å². The molecule has 0 unspecified atom stereocenters. The number of nitrogens with zero attached hydrogens (tertiary/aromatic N) is 3. The number of primary amides is 1. The molecule has 5 rings (SSSR count). The number of carbonyl (C=O) groups excluding carboxylic acids is 2. The summed E-state index contributed by atoms with van der Waals surface area (Å²) in [4.78, 5) is 24.3. The molecule has 4 aliphatic carbocycles. The lowest BCUT2D eigenvalue weighted by molar-refractivity contribution is -0.126. The zero-order valence-electron chi connectivity index (χ0n) is 18.4. The van der Waals surface area contributed by atoms with Crippen LogP contribution >= 0.6 is 11.8 Å². The van der Waals surface area contributed by atoms with Gasteiger partial charge in [-0.1, -0.05) is 25.6 Å². The molecule has 1 heterocycles. The van der Waals surface area contributed by atoms with Crippen LogP contribution in [-0.4, -0.2) is 37.4 Å². The Balaban J connectivity index is 1.42. The van der Waals surface area contributed by atoms with Crippen LogP contribution in [0.3, 0.4) is 0 Å². The van der Waals surface area contributed by atoms with Gasteiger partial charge < -0.3 is 15.6 Å². The van der Waals surface area contributed by atoms with Crippen LogP contribution in [0.2, 0.25) is 0 Å². The number of hydrogen-bond acceptors (Lipinski definition) is 5. The number of carbonyl (C=O) groups is 2. The molecule has 0 aliphatic heterocycles. The molecule has 4 fully saturated rings. The van der Waals surface area contributed by atoms with Gasteiger partial charge in [0.15, 0.2) is 5.16 Å². The van der Waals surface area contributed by atoms with Crippen molar-refractivity contribution in [1.29, 1.82) is 0 Å². The van der Waals surface area contributed by atoms with Crippen LogP contribution in [0.5, 0.6) is 0 Å². The Morgan fingerprint density at radius 1 is 1.13 bits per heavy atom. The zero-order chi connectivity index (χ0) is 21.5. The van der Waals surface area contributed by atoms with Crippen LogP contribution < -0.4 is 11.1 Å². The molecule has 4 bridgehead atoms. The Hall–Kier alpha value is -1.57. The fourth-order valence-corrected chi connectivity index (χ4v) is 7.09. The molecule has 0 aromatic carbocycles. The van der Waals surface area contributed by atoms with Gasteiger partial charge in [0.1, 0.15) is 5.82 Å². The van der Waals surface area contributed by atoms with E-state index in [1.807, 2.05) is 11.5 Å². The molecule has 1 aromatic rings. The summed E-state index contributed by atoms with van der Waals surface area (Å²) in [5.74, 6) is 3.36. The first-order chi connectivity index (χ1) is 14.2. The molecule has 1 aromatic heterocycles. The van der Waals surface area contributed by atoms with Gasteiger partial charge in [0.25, 0.3) is 0 Å². The number of aryl methyl sites for hydroxylation is 1. The van der Waals surface area contributed by atoms with E-state index >= 15 is 0 Å². The highest BCUT2D eigenvalue weighted by Gasteiger charge is 2.51. The first kappa shape index (κ1) is 21.7. The van der Waals surface area contributed by atoms with Crippen molar-refractivity contribution in [3.63, 3.8) is 0 Å². The van der Waals surface area contributed by atoms with E-state index in [1.54, 1.807) is 0 Å². The van der Waals surface area contributed by atoms with Crippen molar-refractivity contribution in [2.75, 3.05) is 0 Å².